The normalized spacial score (nSPS) is 35.1. The van der Waals surface area contributed by atoms with Crippen LogP contribution in [0.25, 0.3) is 0 Å². The molecule has 1 heterocycles. The fraction of sp³-hybridized carbons (Fsp3) is 0.929. The SMILES string of the molecule is CC1(C)CC2CC(C)(CN2C(=O)CCCN)C1. The molecular formula is C14H26N2O. The van der Waals surface area contributed by atoms with Crippen LogP contribution >= 0.6 is 0 Å². The van der Waals surface area contributed by atoms with Crippen molar-refractivity contribution in [2.45, 2.75) is 58.9 Å². The lowest BCUT2D eigenvalue weighted by molar-refractivity contribution is -0.132. The first-order chi connectivity index (χ1) is 7.85. The summed E-state index contributed by atoms with van der Waals surface area (Å²) >= 11 is 0. The number of fused-ring (bicyclic) bond motifs is 2. The van der Waals surface area contributed by atoms with Crippen molar-refractivity contribution in [2.24, 2.45) is 16.6 Å². The number of hydrogen-bond acceptors (Lipinski definition) is 2. The van der Waals surface area contributed by atoms with E-state index in [9.17, 15) is 4.79 Å². The van der Waals surface area contributed by atoms with Crippen LogP contribution in [0, 0.1) is 10.8 Å². The van der Waals surface area contributed by atoms with Crippen LogP contribution in [-0.4, -0.2) is 29.9 Å². The minimum atomic E-state index is 0.321. The highest BCUT2D eigenvalue weighted by molar-refractivity contribution is 5.77. The minimum Gasteiger partial charge on any atom is -0.339 e. The van der Waals surface area contributed by atoms with Crippen molar-refractivity contribution in [3.8, 4) is 0 Å². The lowest BCUT2D eigenvalue weighted by Crippen LogP contribution is -2.37. The summed E-state index contributed by atoms with van der Waals surface area (Å²) in [5, 5.41) is 0. The monoisotopic (exact) mass is 238 g/mol. The van der Waals surface area contributed by atoms with Gasteiger partial charge >= 0.3 is 0 Å². The molecule has 98 valence electrons. The highest BCUT2D eigenvalue weighted by Gasteiger charge is 2.50. The van der Waals surface area contributed by atoms with Crippen LogP contribution in [0.4, 0.5) is 0 Å². The zero-order valence-electron chi connectivity index (χ0n) is 11.5. The fourth-order valence-electron chi connectivity index (χ4n) is 4.15. The maximum atomic E-state index is 12.2. The molecule has 2 rings (SSSR count). The van der Waals surface area contributed by atoms with Gasteiger partial charge in [0.05, 0.1) is 0 Å². The predicted molar refractivity (Wildman–Crippen MR) is 69.5 cm³/mol. The quantitative estimate of drug-likeness (QED) is 0.819. The number of carbonyl (C=O) groups is 1. The van der Waals surface area contributed by atoms with Gasteiger partial charge in [0.25, 0.3) is 0 Å². The van der Waals surface area contributed by atoms with Gasteiger partial charge in [-0.25, -0.2) is 0 Å². The largest absolute Gasteiger partial charge is 0.339 e. The molecule has 0 radical (unpaired) electrons. The molecule has 1 aliphatic heterocycles. The summed E-state index contributed by atoms with van der Waals surface area (Å²) in [6, 6.07) is 0.481. The molecule has 2 aliphatic rings. The number of nitrogens with zero attached hydrogens (tertiary/aromatic N) is 1. The summed E-state index contributed by atoms with van der Waals surface area (Å²) in [6.07, 6.45) is 5.06. The van der Waals surface area contributed by atoms with Crippen LogP contribution in [0.15, 0.2) is 0 Å². The van der Waals surface area contributed by atoms with Gasteiger partial charge in [0.1, 0.15) is 0 Å². The average molecular weight is 238 g/mol. The van der Waals surface area contributed by atoms with E-state index in [1.807, 2.05) is 0 Å². The zero-order valence-corrected chi connectivity index (χ0v) is 11.5. The van der Waals surface area contributed by atoms with Crippen molar-refractivity contribution >= 4 is 5.91 Å². The topological polar surface area (TPSA) is 46.3 Å². The molecule has 2 fully saturated rings. The van der Waals surface area contributed by atoms with E-state index in [2.05, 4.69) is 25.7 Å². The van der Waals surface area contributed by atoms with Crippen LogP contribution in [0.5, 0.6) is 0 Å². The van der Waals surface area contributed by atoms with Crippen LogP contribution in [0.1, 0.15) is 52.9 Å². The molecule has 2 unspecified atom stereocenters. The van der Waals surface area contributed by atoms with Crippen molar-refractivity contribution in [3.05, 3.63) is 0 Å². The average Bonchev–Trinajstić information content (AvgIpc) is 2.44. The van der Waals surface area contributed by atoms with Gasteiger partial charge in [-0.15, -0.1) is 0 Å². The van der Waals surface area contributed by atoms with Crippen molar-refractivity contribution in [1.82, 2.24) is 4.90 Å². The summed E-state index contributed by atoms with van der Waals surface area (Å²) in [7, 11) is 0. The molecule has 3 nitrogen and oxygen atoms in total. The maximum absolute atomic E-state index is 12.2. The summed E-state index contributed by atoms with van der Waals surface area (Å²) < 4.78 is 0. The van der Waals surface area contributed by atoms with Crippen molar-refractivity contribution in [2.75, 3.05) is 13.1 Å². The highest BCUT2D eigenvalue weighted by Crippen LogP contribution is 2.52. The van der Waals surface area contributed by atoms with Gasteiger partial charge in [0.2, 0.25) is 5.91 Å². The molecule has 2 bridgehead atoms. The molecule has 2 atom stereocenters. The third-order valence-electron chi connectivity index (χ3n) is 4.33. The third-order valence-corrected chi connectivity index (χ3v) is 4.33. The second-order valence-corrected chi connectivity index (χ2v) is 7.13. The first-order valence-corrected chi connectivity index (χ1v) is 6.85. The van der Waals surface area contributed by atoms with Crippen molar-refractivity contribution in [1.29, 1.82) is 0 Å². The van der Waals surface area contributed by atoms with E-state index < -0.39 is 0 Å². The van der Waals surface area contributed by atoms with Crippen LogP contribution in [-0.2, 0) is 4.79 Å². The van der Waals surface area contributed by atoms with Gasteiger partial charge in [-0.3, -0.25) is 4.79 Å². The van der Waals surface area contributed by atoms with E-state index in [0.29, 0.717) is 35.7 Å². The van der Waals surface area contributed by atoms with Gasteiger partial charge in [-0.2, -0.15) is 0 Å². The van der Waals surface area contributed by atoms with Gasteiger partial charge in [-0.1, -0.05) is 20.8 Å². The molecular weight excluding hydrogens is 212 g/mol. The van der Waals surface area contributed by atoms with Crippen LogP contribution < -0.4 is 5.73 Å². The van der Waals surface area contributed by atoms with E-state index in [1.165, 1.54) is 12.8 Å². The van der Waals surface area contributed by atoms with Crippen LogP contribution in [0.3, 0.4) is 0 Å². The van der Waals surface area contributed by atoms with Gasteiger partial charge in [-0.05, 0) is 43.1 Å². The Kier molecular flexibility index (Phi) is 3.23. The summed E-state index contributed by atoms with van der Waals surface area (Å²) in [4.78, 5) is 14.3. The second-order valence-electron chi connectivity index (χ2n) is 7.13. The molecule has 0 aromatic heterocycles. The van der Waals surface area contributed by atoms with Crippen molar-refractivity contribution in [3.63, 3.8) is 0 Å². The van der Waals surface area contributed by atoms with E-state index in [4.69, 9.17) is 5.73 Å². The Morgan fingerprint density at radius 3 is 2.71 bits per heavy atom. The Morgan fingerprint density at radius 1 is 1.35 bits per heavy atom. The first-order valence-electron chi connectivity index (χ1n) is 6.85. The molecule has 2 N–H and O–H groups in total. The molecule has 17 heavy (non-hydrogen) atoms. The molecule has 1 saturated carbocycles. The van der Waals surface area contributed by atoms with E-state index in [1.54, 1.807) is 0 Å². The minimum absolute atomic E-state index is 0.321. The summed E-state index contributed by atoms with van der Waals surface area (Å²) in [5.74, 6) is 0.321. The Balaban J connectivity index is 2.05. The first kappa shape index (κ1) is 12.9. The Morgan fingerprint density at radius 2 is 2.06 bits per heavy atom. The molecule has 1 amide bonds. The predicted octanol–water partition coefficient (Wildman–Crippen LogP) is 2.15. The lowest BCUT2D eigenvalue weighted by atomic mass is 9.65. The standard InChI is InChI=1S/C14H26N2O/c1-13(2)7-11-8-14(3,9-13)10-16(11)12(17)5-4-6-15/h11H,4-10,15H2,1-3H3. The Bertz CT molecular complexity index is 313. The molecule has 1 aliphatic carbocycles. The molecule has 0 spiro atoms. The number of hydrogen-bond donors (Lipinski definition) is 1. The van der Waals surface area contributed by atoms with Gasteiger partial charge < -0.3 is 10.6 Å². The Hall–Kier alpha value is -0.570. The molecule has 0 aromatic rings. The summed E-state index contributed by atoms with van der Waals surface area (Å²) in [6.45, 7) is 8.60. The fourth-order valence-corrected chi connectivity index (χ4v) is 4.15. The maximum Gasteiger partial charge on any atom is 0.222 e. The smallest absolute Gasteiger partial charge is 0.222 e. The van der Waals surface area contributed by atoms with Gasteiger partial charge in [0, 0.05) is 19.0 Å². The Labute approximate surface area is 105 Å². The number of carbonyl (C=O) groups excluding carboxylic acids is 1. The zero-order chi connectivity index (χ0) is 12.7. The number of rotatable bonds is 3. The summed E-state index contributed by atoms with van der Waals surface area (Å²) in [5.41, 5.74) is 6.22. The van der Waals surface area contributed by atoms with Crippen LogP contribution in [0.2, 0.25) is 0 Å². The molecule has 1 saturated heterocycles. The number of likely N-dealkylation sites (tertiary alicyclic amines) is 1. The van der Waals surface area contributed by atoms with Gasteiger partial charge in [0.15, 0.2) is 0 Å². The van der Waals surface area contributed by atoms with E-state index >= 15 is 0 Å². The highest BCUT2D eigenvalue weighted by atomic mass is 16.2. The van der Waals surface area contributed by atoms with E-state index in [-0.39, 0.29) is 0 Å². The number of nitrogens with two attached hydrogens (primary N) is 1. The lowest BCUT2D eigenvalue weighted by Gasteiger charge is -2.39. The second kappa shape index (κ2) is 4.27. The third kappa shape index (κ3) is 2.65. The van der Waals surface area contributed by atoms with E-state index in [0.717, 1.165) is 19.4 Å². The number of amides is 1. The van der Waals surface area contributed by atoms with Crippen molar-refractivity contribution < 1.29 is 4.79 Å². The molecule has 3 heteroatoms. The molecule has 0 aromatic carbocycles.